The number of anilines is 2. The molecule has 0 aliphatic heterocycles. The molecule has 2 N–H and O–H groups in total. The minimum Gasteiger partial charge on any atom is -0.368 e. The zero-order valence-corrected chi connectivity index (χ0v) is 12.1. The van der Waals surface area contributed by atoms with Crippen molar-refractivity contribution in [2.45, 2.75) is 0 Å². The van der Waals surface area contributed by atoms with E-state index in [9.17, 15) is 8.78 Å². The highest BCUT2D eigenvalue weighted by Crippen LogP contribution is 2.31. The van der Waals surface area contributed by atoms with Gasteiger partial charge < -0.3 is 10.6 Å². The fraction of sp³-hybridized carbons (Fsp3) is 0.125. The summed E-state index contributed by atoms with van der Waals surface area (Å²) in [7, 11) is 3.68. The molecular formula is C16H14F2N4. The van der Waals surface area contributed by atoms with Gasteiger partial charge in [-0.15, -0.1) is 0 Å². The Balaban J connectivity index is 2.27. The van der Waals surface area contributed by atoms with E-state index in [2.05, 4.69) is 9.97 Å². The molecule has 0 aliphatic rings. The monoisotopic (exact) mass is 300 g/mol. The van der Waals surface area contributed by atoms with Gasteiger partial charge in [-0.25, -0.2) is 13.8 Å². The molecule has 0 spiro atoms. The lowest BCUT2D eigenvalue weighted by atomic mass is 10.0. The molecule has 1 aromatic heterocycles. The predicted octanol–water partition coefficient (Wildman–Crippen LogP) is 3.22. The minimum atomic E-state index is -0.616. The summed E-state index contributed by atoms with van der Waals surface area (Å²) in [5.74, 6) is -0.464. The van der Waals surface area contributed by atoms with Crippen LogP contribution in [0, 0.1) is 11.6 Å². The highest BCUT2D eigenvalue weighted by Gasteiger charge is 2.14. The van der Waals surface area contributed by atoms with E-state index in [4.69, 9.17) is 5.73 Å². The molecule has 3 aromatic rings. The lowest BCUT2D eigenvalue weighted by Crippen LogP contribution is -2.13. The third-order valence-corrected chi connectivity index (χ3v) is 3.37. The number of nitrogen functional groups attached to an aromatic ring is 1. The van der Waals surface area contributed by atoms with Gasteiger partial charge in [0.25, 0.3) is 0 Å². The molecule has 112 valence electrons. The topological polar surface area (TPSA) is 55.0 Å². The summed E-state index contributed by atoms with van der Waals surface area (Å²) >= 11 is 0. The second-order valence-corrected chi connectivity index (χ2v) is 5.13. The smallest absolute Gasteiger partial charge is 0.222 e. The average Bonchev–Trinajstić information content (AvgIpc) is 2.45. The molecule has 0 radical (unpaired) electrons. The van der Waals surface area contributed by atoms with Gasteiger partial charge >= 0.3 is 0 Å². The van der Waals surface area contributed by atoms with Crippen molar-refractivity contribution < 1.29 is 8.78 Å². The summed E-state index contributed by atoms with van der Waals surface area (Å²) in [4.78, 5) is 10.2. The van der Waals surface area contributed by atoms with Crippen LogP contribution >= 0.6 is 0 Å². The average molecular weight is 300 g/mol. The number of hydrogen-bond donors (Lipinski definition) is 1. The molecular weight excluding hydrogens is 286 g/mol. The van der Waals surface area contributed by atoms with Crippen LogP contribution in [0.5, 0.6) is 0 Å². The molecule has 0 amide bonds. The second-order valence-electron chi connectivity index (χ2n) is 5.13. The number of rotatable bonds is 2. The van der Waals surface area contributed by atoms with Crippen LogP contribution in [0.3, 0.4) is 0 Å². The maximum atomic E-state index is 13.9. The lowest BCUT2D eigenvalue weighted by molar-refractivity contribution is 0.589. The Morgan fingerprint density at radius 3 is 2.32 bits per heavy atom. The van der Waals surface area contributed by atoms with E-state index in [-0.39, 0.29) is 11.5 Å². The van der Waals surface area contributed by atoms with Crippen LogP contribution in [0.4, 0.5) is 20.5 Å². The molecule has 6 heteroatoms. The zero-order valence-electron chi connectivity index (χ0n) is 12.1. The number of halogens is 2. The van der Waals surface area contributed by atoms with E-state index in [0.717, 1.165) is 5.39 Å². The second kappa shape index (κ2) is 5.22. The predicted molar refractivity (Wildman–Crippen MR) is 83.6 cm³/mol. The SMILES string of the molecule is CN(C)c1nc(N)nc2cc(-c3c(F)cccc3F)ccc12. The molecule has 1 heterocycles. The van der Waals surface area contributed by atoms with Crippen molar-refractivity contribution in [1.82, 2.24) is 9.97 Å². The van der Waals surface area contributed by atoms with Crippen LogP contribution in [-0.4, -0.2) is 24.1 Å². The number of hydrogen-bond acceptors (Lipinski definition) is 4. The molecule has 0 atom stereocenters. The molecule has 0 saturated carbocycles. The summed E-state index contributed by atoms with van der Waals surface area (Å²) in [6.45, 7) is 0. The number of fused-ring (bicyclic) bond motifs is 1. The highest BCUT2D eigenvalue weighted by atomic mass is 19.1. The minimum absolute atomic E-state index is 0.0759. The van der Waals surface area contributed by atoms with Crippen LogP contribution < -0.4 is 10.6 Å². The van der Waals surface area contributed by atoms with E-state index in [1.54, 1.807) is 18.2 Å². The van der Waals surface area contributed by atoms with Crippen LogP contribution in [0.2, 0.25) is 0 Å². The fourth-order valence-electron chi connectivity index (χ4n) is 2.40. The first-order chi connectivity index (χ1) is 10.5. The van der Waals surface area contributed by atoms with E-state index in [0.29, 0.717) is 16.9 Å². The van der Waals surface area contributed by atoms with Crippen molar-refractivity contribution >= 4 is 22.7 Å². The van der Waals surface area contributed by atoms with Gasteiger partial charge in [0.15, 0.2) is 0 Å². The van der Waals surface area contributed by atoms with Gasteiger partial charge in [0.05, 0.1) is 11.1 Å². The van der Waals surface area contributed by atoms with Gasteiger partial charge in [-0.1, -0.05) is 12.1 Å². The third-order valence-electron chi connectivity index (χ3n) is 3.37. The standard InChI is InChI=1S/C16H14F2N4/c1-22(2)15-10-7-6-9(8-13(10)20-16(19)21-15)14-11(17)4-3-5-12(14)18/h3-8H,1-2H3,(H2,19,20,21). The summed E-state index contributed by atoms with van der Waals surface area (Å²) in [5, 5.41) is 0.764. The van der Waals surface area contributed by atoms with Crippen molar-refractivity contribution in [2.24, 2.45) is 0 Å². The fourth-order valence-corrected chi connectivity index (χ4v) is 2.40. The van der Waals surface area contributed by atoms with Gasteiger partial charge in [0.2, 0.25) is 5.95 Å². The Labute approximate surface area is 126 Å². The number of nitrogens with two attached hydrogens (primary N) is 1. The molecule has 0 aliphatic carbocycles. The van der Waals surface area contributed by atoms with Gasteiger partial charge in [-0.05, 0) is 29.8 Å². The molecule has 0 fully saturated rings. The van der Waals surface area contributed by atoms with Gasteiger partial charge in [-0.2, -0.15) is 4.98 Å². The van der Waals surface area contributed by atoms with E-state index in [1.807, 2.05) is 19.0 Å². The lowest BCUT2D eigenvalue weighted by Gasteiger charge is -2.15. The van der Waals surface area contributed by atoms with Crippen LogP contribution in [0.1, 0.15) is 0 Å². The van der Waals surface area contributed by atoms with E-state index >= 15 is 0 Å². The molecule has 0 saturated heterocycles. The summed E-state index contributed by atoms with van der Waals surface area (Å²) in [6.07, 6.45) is 0. The first kappa shape index (κ1) is 14.2. The molecule has 2 aromatic carbocycles. The Hall–Kier alpha value is -2.76. The molecule has 3 rings (SSSR count). The van der Waals surface area contributed by atoms with Crippen molar-refractivity contribution in [3.05, 3.63) is 48.0 Å². The van der Waals surface area contributed by atoms with Gasteiger partial charge in [-0.3, -0.25) is 0 Å². The Morgan fingerprint density at radius 1 is 1.00 bits per heavy atom. The molecule has 22 heavy (non-hydrogen) atoms. The Bertz CT molecular complexity index is 842. The van der Waals surface area contributed by atoms with Crippen molar-refractivity contribution in [3.8, 4) is 11.1 Å². The number of benzene rings is 2. The Kier molecular flexibility index (Phi) is 3.36. The van der Waals surface area contributed by atoms with E-state index < -0.39 is 11.6 Å². The Morgan fingerprint density at radius 2 is 1.68 bits per heavy atom. The first-order valence-electron chi connectivity index (χ1n) is 6.66. The van der Waals surface area contributed by atoms with Gasteiger partial charge in [0.1, 0.15) is 17.5 Å². The zero-order chi connectivity index (χ0) is 15.9. The van der Waals surface area contributed by atoms with Crippen molar-refractivity contribution in [3.63, 3.8) is 0 Å². The molecule has 4 nitrogen and oxygen atoms in total. The maximum Gasteiger partial charge on any atom is 0.222 e. The molecule has 0 bridgehead atoms. The number of nitrogens with zero attached hydrogens (tertiary/aromatic N) is 3. The maximum absolute atomic E-state index is 13.9. The third kappa shape index (κ3) is 2.32. The first-order valence-corrected chi connectivity index (χ1v) is 6.66. The van der Waals surface area contributed by atoms with Crippen molar-refractivity contribution in [2.75, 3.05) is 24.7 Å². The molecule has 0 unspecified atom stereocenters. The largest absolute Gasteiger partial charge is 0.368 e. The summed E-state index contributed by atoms with van der Waals surface area (Å²) in [6, 6.07) is 8.79. The van der Waals surface area contributed by atoms with Crippen molar-refractivity contribution in [1.29, 1.82) is 0 Å². The normalized spacial score (nSPS) is 10.9. The van der Waals surface area contributed by atoms with Crippen LogP contribution in [0.25, 0.3) is 22.0 Å². The number of aromatic nitrogens is 2. The van der Waals surface area contributed by atoms with E-state index in [1.165, 1.54) is 18.2 Å². The van der Waals surface area contributed by atoms with Crippen LogP contribution in [-0.2, 0) is 0 Å². The highest BCUT2D eigenvalue weighted by molar-refractivity contribution is 5.93. The summed E-state index contributed by atoms with van der Waals surface area (Å²) in [5.41, 5.74) is 6.58. The van der Waals surface area contributed by atoms with Crippen LogP contribution in [0.15, 0.2) is 36.4 Å². The summed E-state index contributed by atoms with van der Waals surface area (Å²) < 4.78 is 27.8. The quantitative estimate of drug-likeness (QED) is 0.789. The van der Waals surface area contributed by atoms with Gasteiger partial charge in [0, 0.05) is 19.5 Å².